The number of hydrogen-bond donors (Lipinski definition) is 2. The van der Waals surface area contributed by atoms with Crippen LogP contribution in [0.4, 0.5) is 10.1 Å². The van der Waals surface area contributed by atoms with Crippen LogP contribution in [0, 0.1) is 5.82 Å². The normalized spacial score (nSPS) is 10.6. The summed E-state index contributed by atoms with van der Waals surface area (Å²) < 4.78 is 15.5. The van der Waals surface area contributed by atoms with Gasteiger partial charge in [-0.05, 0) is 18.6 Å². The molecule has 1 aromatic carbocycles. The quantitative estimate of drug-likeness (QED) is 0.829. The number of rotatable bonds is 4. The first-order valence-corrected chi connectivity index (χ1v) is 5.89. The van der Waals surface area contributed by atoms with E-state index in [4.69, 9.17) is 10.8 Å². The summed E-state index contributed by atoms with van der Waals surface area (Å²) >= 11 is 0. The van der Waals surface area contributed by atoms with Gasteiger partial charge in [-0.25, -0.2) is 14.2 Å². The zero-order chi connectivity index (χ0) is 14.0. The molecule has 2 rings (SSSR count). The molecular weight excluding hydrogens is 249 g/mol. The van der Waals surface area contributed by atoms with Gasteiger partial charge in [-0.1, -0.05) is 6.92 Å². The molecule has 100 valence electrons. The van der Waals surface area contributed by atoms with Crippen molar-refractivity contribution in [3.63, 3.8) is 0 Å². The van der Waals surface area contributed by atoms with Gasteiger partial charge in [0.2, 0.25) is 0 Å². The number of carboxylic acid groups (broad SMARTS) is 1. The van der Waals surface area contributed by atoms with Crippen molar-refractivity contribution >= 4 is 11.7 Å². The Bertz CT molecular complexity index is 622. The molecule has 5 nitrogen and oxygen atoms in total. The van der Waals surface area contributed by atoms with Gasteiger partial charge < -0.3 is 15.4 Å². The van der Waals surface area contributed by atoms with Crippen LogP contribution in [0.2, 0.25) is 0 Å². The number of imidazole rings is 1. The number of nitrogens with two attached hydrogens (primary N) is 1. The highest BCUT2D eigenvalue weighted by Gasteiger charge is 2.16. The molecular formula is C13H14FN3O2. The molecule has 0 saturated heterocycles. The Balaban J connectivity index is 2.58. The maximum absolute atomic E-state index is 14.0. The molecule has 0 aliphatic heterocycles. The summed E-state index contributed by atoms with van der Waals surface area (Å²) in [5, 5.41) is 9.02. The summed E-state index contributed by atoms with van der Waals surface area (Å²) in [4.78, 5) is 15.2. The Hall–Kier alpha value is -2.37. The number of hydrogen-bond acceptors (Lipinski definition) is 3. The number of carboxylic acids is 1. The van der Waals surface area contributed by atoms with Crippen LogP contribution in [0.5, 0.6) is 0 Å². The Morgan fingerprint density at radius 3 is 2.89 bits per heavy atom. The molecule has 0 aliphatic carbocycles. The average molecular weight is 263 g/mol. The van der Waals surface area contributed by atoms with Crippen LogP contribution in [0.3, 0.4) is 0 Å². The number of halogens is 1. The molecule has 3 N–H and O–H groups in total. The topological polar surface area (TPSA) is 81.1 Å². The molecule has 0 atom stereocenters. The average Bonchev–Trinajstić information content (AvgIpc) is 2.77. The lowest BCUT2D eigenvalue weighted by Gasteiger charge is -2.11. The molecule has 0 aliphatic rings. The summed E-state index contributed by atoms with van der Waals surface area (Å²) in [6.45, 7) is 1.99. The van der Waals surface area contributed by atoms with Crippen molar-refractivity contribution in [2.24, 2.45) is 0 Å². The fraction of sp³-hybridized carbons (Fsp3) is 0.231. The summed E-state index contributed by atoms with van der Waals surface area (Å²) in [6.07, 6.45) is 4.70. The van der Waals surface area contributed by atoms with Gasteiger partial charge in [0, 0.05) is 24.5 Å². The minimum atomic E-state index is -1.18. The molecule has 1 aromatic heterocycles. The van der Waals surface area contributed by atoms with Crippen molar-refractivity contribution in [3.05, 3.63) is 41.7 Å². The van der Waals surface area contributed by atoms with Crippen LogP contribution in [0.25, 0.3) is 5.69 Å². The van der Waals surface area contributed by atoms with E-state index in [0.29, 0.717) is 12.2 Å². The summed E-state index contributed by atoms with van der Waals surface area (Å²) in [5.41, 5.74) is 5.43. The van der Waals surface area contributed by atoms with Crippen molar-refractivity contribution in [2.75, 3.05) is 5.73 Å². The van der Waals surface area contributed by atoms with E-state index in [1.54, 1.807) is 17.0 Å². The maximum Gasteiger partial charge on any atom is 0.337 e. The van der Waals surface area contributed by atoms with Gasteiger partial charge >= 0.3 is 5.97 Å². The number of carbonyl (C=O) groups is 1. The van der Waals surface area contributed by atoms with Gasteiger partial charge in [-0.15, -0.1) is 0 Å². The fourth-order valence-electron chi connectivity index (χ4n) is 1.91. The van der Waals surface area contributed by atoms with E-state index in [9.17, 15) is 9.18 Å². The van der Waals surface area contributed by atoms with Crippen molar-refractivity contribution in [1.29, 1.82) is 0 Å². The van der Waals surface area contributed by atoms with Crippen LogP contribution >= 0.6 is 0 Å². The number of aryl methyl sites for hydroxylation is 1. The number of benzene rings is 1. The van der Waals surface area contributed by atoms with Crippen LogP contribution in [0.15, 0.2) is 24.5 Å². The summed E-state index contributed by atoms with van der Waals surface area (Å²) in [7, 11) is 0. The third-order valence-corrected chi connectivity index (χ3v) is 2.80. The molecule has 0 radical (unpaired) electrons. The fourth-order valence-corrected chi connectivity index (χ4v) is 1.91. The molecule has 0 amide bonds. The maximum atomic E-state index is 14.0. The van der Waals surface area contributed by atoms with Gasteiger partial charge in [-0.3, -0.25) is 0 Å². The van der Waals surface area contributed by atoms with E-state index in [0.717, 1.165) is 12.5 Å². The van der Waals surface area contributed by atoms with E-state index < -0.39 is 11.8 Å². The first-order valence-electron chi connectivity index (χ1n) is 5.89. The second-order valence-corrected chi connectivity index (χ2v) is 4.16. The molecule has 0 fully saturated rings. The lowest BCUT2D eigenvalue weighted by atomic mass is 10.1. The number of nitrogen functional groups attached to an aromatic ring is 1. The largest absolute Gasteiger partial charge is 0.478 e. The van der Waals surface area contributed by atoms with Crippen molar-refractivity contribution in [2.45, 2.75) is 19.8 Å². The molecule has 19 heavy (non-hydrogen) atoms. The number of nitrogens with zero attached hydrogens (tertiary/aromatic N) is 2. The van der Waals surface area contributed by atoms with Crippen molar-refractivity contribution in [3.8, 4) is 5.69 Å². The lowest BCUT2D eigenvalue weighted by Crippen LogP contribution is -2.08. The summed E-state index contributed by atoms with van der Waals surface area (Å²) in [5.74, 6) is -1.07. The van der Waals surface area contributed by atoms with E-state index in [1.807, 2.05) is 6.92 Å². The van der Waals surface area contributed by atoms with E-state index in [-0.39, 0.29) is 16.9 Å². The number of aromatic nitrogens is 2. The van der Waals surface area contributed by atoms with E-state index in [2.05, 4.69) is 4.98 Å². The zero-order valence-corrected chi connectivity index (χ0v) is 10.4. The van der Waals surface area contributed by atoms with Gasteiger partial charge in [0.15, 0.2) is 0 Å². The highest BCUT2D eigenvalue weighted by atomic mass is 19.1. The third-order valence-electron chi connectivity index (χ3n) is 2.80. The standard InChI is InChI=1S/C13H14FN3O2/c1-2-3-12-16-4-5-17(12)11-6-8(13(18)19)10(15)7-9(11)14/h4-7H,2-3,15H2,1H3,(H,18,19). The molecule has 0 saturated carbocycles. The molecule has 0 unspecified atom stereocenters. The van der Waals surface area contributed by atoms with Crippen LogP contribution in [-0.2, 0) is 6.42 Å². The second-order valence-electron chi connectivity index (χ2n) is 4.16. The SMILES string of the molecule is CCCc1nccn1-c1cc(C(=O)O)c(N)cc1F. The van der Waals surface area contributed by atoms with Gasteiger partial charge in [0.25, 0.3) is 0 Å². The summed E-state index contributed by atoms with van der Waals surface area (Å²) in [6, 6.07) is 2.25. The number of aromatic carboxylic acids is 1. The van der Waals surface area contributed by atoms with Gasteiger partial charge in [0.1, 0.15) is 11.6 Å². The smallest absolute Gasteiger partial charge is 0.337 e. The monoisotopic (exact) mass is 263 g/mol. The highest BCUT2D eigenvalue weighted by molar-refractivity contribution is 5.94. The molecule has 6 heteroatoms. The van der Waals surface area contributed by atoms with Crippen LogP contribution in [0.1, 0.15) is 29.5 Å². The minimum absolute atomic E-state index is 0.0918. The minimum Gasteiger partial charge on any atom is -0.478 e. The predicted molar refractivity (Wildman–Crippen MR) is 68.9 cm³/mol. The lowest BCUT2D eigenvalue weighted by molar-refractivity contribution is 0.0698. The molecule has 2 aromatic rings. The first kappa shape index (κ1) is 13.1. The van der Waals surface area contributed by atoms with Gasteiger partial charge in [0.05, 0.1) is 11.3 Å². The van der Waals surface area contributed by atoms with Crippen molar-refractivity contribution < 1.29 is 14.3 Å². The van der Waals surface area contributed by atoms with E-state index in [1.165, 1.54) is 6.07 Å². The van der Waals surface area contributed by atoms with Crippen LogP contribution in [-0.4, -0.2) is 20.6 Å². The van der Waals surface area contributed by atoms with Crippen molar-refractivity contribution in [1.82, 2.24) is 9.55 Å². The van der Waals surface area contributed by atoms with Crippen LogP contribution < -0.4 is 5.73 Å². The first-order chi connectivity index (χ1) is 9.04. The third kappa shape index (κ3) is 2.42. The van der Waals surface area contributed by atoms with E-state index >= 15 is 0 Å². The molecule has 1 heterocycles. The number of anilines is 1. The van der Waals surface area contributed by atoms with Gasteiger partial charge in [-0.2, -0.15) is 0 Å². The Morgan fingerprint density at radius 1 is 1.53 bits per heavy atom. The predicted octanol–water partition coefficient (Wildman–Crippen LogP) is 2.24. The Labute approximate surface area is 109 Å². The Morgan fingerprint density at radius 2 is 2.26 bits per heavy atom. The second kappa shape index (κ2) is 5.09. The zero-order valence-electron chi connectivity index (χ0n) is 10.4. The highest BCUT2D eigenvalue weighted by Crippen LogP contribution is 2.22. The molecule has 0 spiro atoms. The molecule has 0 bridgehead atoms. The Kier molecular flexibility index (Phi) is 3.50.